The first kappa shape index (κ1) is 15.5. The predicted octanol–water partition coefficient (Wildman–Crippen LogP) is 3.18. The molecular weight excluding hydrogens is 292 g/mol. The molecule has 0 bridgehead atoms. The van der Waals surface area contributed by atoms with Crippen LogP contribution in [0.4, 0.5) is 0 Å². The van der Waals surface area contributed by atoms with Crippen LogP contribution in [0.1, 0.15) is 31.1 Å². The minimum Gasteiger partial charge on any atom is -0.622 e. The summed E-state index contributed by atoms with van der Waals surface area (Å²) >= 11 is 0. The summed E-state index contributed by atoms with van der Waals surface area (Å²) in [6.07, 6.45) is -0.851. The molecule has 0 fully saturated rings. The van der Waals surface area contributed by atoms with Gasteiger partial charge in [-0.1, -0.05) is 30.3 Å². The number of hydroxylamine groups is 3. The number of ether oxygens (including phenoxy) is 1. The molecule has 0 amide bonds. The largest absolute Gasteiger partial charge is 0.622 e. The van der Waals surface area contributed by atoms with E-state index in [0.29, 0.717) is 17.0 Å². The average Bonchev–Trinajstić information content (AvgIpc) is 2.73. The van der Waals surface area contributed by atoms with Gasteiger partial charge in [0.2, 0.25) is 5.71 Å². The molecule has 0 saturated carbocycles. The minimum atomic E-state index is -0.851. The van der Waals surface area contributed by atoms with Gasteiger partial charge in [0.1, 0.15) is 11.3 Å². The molecule has 0 aliphatic carbocycles. The van der Waals surface area contributed by atoms with Crippen molar-refractivity contribution in [1.29, 1.82) is 0 Å². The van der Waals surface area contributed by atoms with Crippen molar-refractivity contribution in [3.05, 3.63) is 70.9 Å². The van der Waals surface area contributed by atoms with Crippen LogP contribution < -0.4 is 4.74 Å². The highest BCUT2D eigenvalue weighted by Crippen LogP contribution is 2.39. The lowest BCUT2D eigenvalue weighted by molar-refractivity contribution is -0.544. The van der Waals surface area contributed by atoms with Crippen molar-refractivity contribution in [2.24, 2.45) is 0 Å². The van der Waals surface area contributed by atoms with Gasteiger partial charge in [0.25, 0.3) is 6.17 Å². The van der Waals surface area contributed by atoms with Crippen LogP contribution in [-0.4, -0.2) is 33.4 Å². The Hall–Kier alpha value is -2.37. The van der Waals surface area contributed by atoms with Crippen LogP contribution in [0.3, 0.4) is 0 Å². The molecule has 5 nitrogen and oxygen atoms in total. The van der Waals surface area contributed by atoms with Crippen LogP contribution in [0.25, 0.3) is 0 Å². The van der Waals surface area contributed by atoms with Gasteiger partial charge < -0.3 is 15.2 Å². The van der Waals surface area contributed by atoms with Crippen molar-refractivity contribution in [3.8, 4) is 5.75 Å². The topological polar surface area (TPSA) is 58.8 Å². The van der Waals surface area contributed by atoms with E-state index in [-0.39, 0.29) is 0 Å². The highest BCUT2D eigenvalue weighted by molar-refractivity contribution is 6.04. The molecule has 1 atom stereocenters. The fourth-order valence-corrected chi connectivity index (χ4v) is 3.12. The SMILES string of the molecule is COc1ccccc1[C@H]1N(O)C(C)(C)C(c2ccccc2)=[N+]1[O-]. The Bertz CT molecular complexity index is 741. The zero-order valence-corrected chi connectivity index (χ0v) is 13.4. The number of para-hydroxylation sites is 1. The molecule has 0 aromatic heterocycles. The Kier molecular flexibility index (Phi) is 3.83. The van der Waals surface area contributed by atoms with E-state index in [1.165, 1.54) is 0 Å². The highest BCUT2D eigenvalue weighted by Gasteiger charge is 2.53. The molecule has 2 aromatic carbocycles. The van der Waals surface area contributed by atoms with Crippen molar-refractivity contribution in [2.45, 2.75) is 25.6 Å². The van der Waals surface area contributed by atoms with Gasteiger partial charge in [-0.05, 0) is 38.1 Å². The zero-order valence-electron chi connectivity index (χ0n) is 13.4. The zero-order chi connectivity index (χ0) is 16.6. The van der Waals surface area contributed by atoms with Crippen molar-refractivity contribution < 1.29 is 14.7 Å². The molecule has 1 heterocycles. The summed E-state index contributed by atoms with van der Waals surface area (Å²) in [5.41, 5.74) is 1.13. The maximum Gasteiger partial charge on any atom is 0.271 e. The second kappa shape index (κ2) is 5.68. The van der Waals surface area contributed by atoms with Gasteiger partial charge in [-0.2, -0.15) is 4.74 Å². The van der Waals surface area contributed by atoms with E-state index in [0.717, 1.165) is 15.4 Å². The van der Waals surface area contributed by atoms with Gasteiger partial charge in [-0.25, -0.2) is 0 Å². The molecule has 0 saturated heterocycles. The summed E-state index contributed by atoms with van der Waals surface area (Å²) in [6, 6.07) is 16.6. The third-order valence-electron chi connectivity index (χ3n) is 4.29. The second-order valence-electron chi connectivity index (χ2n) is 6.06. The monoisotopic (exact) mass is 312 g/mol. The summed E-state index contributed by atoms with van der Waals surface area (Å²) in [5, 5.41) is 24.8. The third kappa shape index (κ3) is 2.38. The molecular formula is C18H20N2O3. The van der Waals surface area contributed by atoms with Gasteiger partial charge in [0.05, 0.1) is 12.7 Å². The average molecular weight is 312 g/mol. The highest BCUT2D eigenvalue weighted by atomic mass is 16.5. The Labute approximate surface area is 135 Å². The van der Waals surface area contributed by atoms with E-state index < -0.39 is 11.7 Å². The Morgan fingerprint density at radius 3 is 2.35 bits per heavy atom. The lowest BCUT2D eigenvalue weighted by Gasteiger charge is -2.26. The molecule has 1 aliphatic rings. The van der Waals surface area contributed by atoms with Gasteiger partial charge in [-0.3, -0.25) is 0 Å². The van der Waals surface area contributed by atoms with Gasteiger partial charge in [0.15, 0.2) is 0 Å². The number of benzene rings is 2. The fraction of sp³-hybridized carbons (Fsp3) is 0.278. The van der Waals surface area contributed by atoms with E-state index in [1.54, 1.807) is 19.2 Å². The molecule has 1 N–H and O–H groups in total. The number of rotatable bonds is 3. The third-order valence-corrected chi connectivity index (χ3v) is 4.29. The molecule has 2 aromatic rings. The Morgan fingerprint density at radius 1 is 1.09 bits per heavy atom. The smallest absolute Gasteiger partial charge is 0.271 e. The summed E-state index contributed by atoms with van der Waals surface area (Å²) in [5.74, 6) is 0.572. The molecule has 5 heteroatoms. The summed E-state index contributed by atoms with van der Waals surface area (Å²) in [6.45, 7) is 3.66. The van der Waals surface area contributed by atoms with Gasteiger partial charge >= 0.3 is 0 Å². The lowest BCUT2D eigenvalue weighted by Crippen LogP contribution is -2.44. The summed E-state index contributed by atoms with van der Waals surface area (Å²) in [7, 11) is 1.55. The Morgan fingerprint density at radius 2 is 1.70 bits per heavy atom. The molecule has 0 unspecified atom stereocenters. The number of methoxy groups -OCH3 is 1. The van der Waals surface area contributed by atoms with Crippen molar-refractivity contribution in [3.63, 3.8) is 0 Å². The van der Waals surface area contributed by atoms with Crippen LogP contribution in [0.2, 0.25) is 0 Å². The summed E-state index contributed by atoms with van der Waals surface area (Å²) < 4.78 is 6.22. The number of nitrogens with zero attached hydrogens (tertiary/aromatic N) is 2. The van der Waals surface area contributed by atoms with E-state index >= 15 is 0 Å². The quantitative estimate of drug-likeness (QED) is 0.698. The molecule has 1 aliphatic heterocycles. The van der Waals surface area contributed by atoms with Crippen molar-refractivity contribution >= 4 is 5.71 Å². The van der Waals surface area contributed by atoms with Crippen molar-refractivity contribution in [1.82, 2.24) is 5.06 Å². The maximum atomic E-state index is 13.0. The minimum absolute atomic E-state index is 0.525. The van der Waals surface area contributed by atoms with E-state index in [4.69, 9.17) is 4.74 Å². The normalized spacial score (nSPS) is 20.8. The van der Waals surface area contributed by atoms with Crippen molar-refractivity contribution in [2.75, 3.05) is 7.11 Å². The van der Waals surface area contributed by atoms with Crippen LogP contribution >= 0.6 is 0 Å². The van der Waals surface area contributed by atoms with E-state index in [9.17, 15) is 10.4 Å². The first-order valence-electron chi connectivity index (χ1n) is 7.49. The molecule has 3 rings (SSSR count). The number of hydrogen-bond donors (Lipinski definition) is 1. The van der Waals surface area contributed by atoms with E-state index in [1.807, 2.05) is 56.3 Å². The molecule has 120 valence electrons. The standard InChI is InChI=1S/C18H20N2O3/c1-18(2)16(13-9-5-4-6-10-13)19(21)17(20(18)22)14-11-7-8-12-15(14)23-3/h4-12,17,22H,1-3H3/t17-/m1/s1. The Balaban J connectivity index is 2.18. The van der Waals surface area contributed by atoms with Crippen LogP contribution in [-0.2, 0) is 0 Å². The lowest BCUT2D eigenvalue weighted by atomic mass is 9.93. The first-order chi connectivity index (χ1) is 11.0. The van der Waals surface area contributed by atoms with Crippen LogP contribution in [0.15, 0.2) is 54.6 Å². The predicted molar refractivity (Wildman–Crippen MR) is 87.6 cm³/mol. The van der Waals surface area contributed by atoms with Crippen LogP contribution in [0, 0.1) is 5.21 Å². The molecule has 0 spiro atoms. The van der Waals surface area contributed by atoms with Gasteiger partial charge in [0, 0.05) is 5.56 Å². The first-order valence-corrected chi connectivity index (χ1v) is 7.49. The molecule has 0 radical (unpaired) electrons. The number of hydrogen-bond acceptors (Lipinski definition) is 4. The second-order valence-corrected chi connectivity index (χ2v) is 6.06. The van der Waals surface area contributed by atoms with Gasteiger partial charge in [-0.15, -0.1) is 5.06 Å². The van der Waals surface area contributed by atoms with E-state index in [2.05, 4.69) is 0 Å². The summed E-state index contributed by atoms with van der Waals surface area (Å²) in [4.78, 5) is 0. The van der Waals surface area contributed by atoms with Crippen LogP contribution in [0.5, 0.6) is 5.75 Å². The maximum absolute atomic E-state index is 13.0. The molecule has 23 heavy (non-hydrogen) atoms. The fourth-order valence-electron chi connectivity index (χ4n) is 3.12.